The Balaban J connectivity index is 0.00000306. The number of benzene rings is 1. The molecule has 0 spiro atoms. The van der Waals surface area contributed by atoms with Crippen molar-refractivity contribution in [3.63, 3.8) is 0 Å². The van der Waals surface area contributed by atoms with Gasteiger partial charge < -0.3 is 15.1 Å². The largest absolute Gasteiger partial charge is 0.461 e. The second-order valence-corrected chi connectivity index (χ2v) is 8.13. The molecule has 3 heterocycles. The maximum Gasteiger partial charge on any atom is 0.216 e. The summed E-state index contributed by atoms with van der Waals surface area (Å²) in [4.78, 5) is 11.8. The summed E-state index contributed by atoms with van der Waals surface area (Å²) in [6, 6.07) is 15.3. The number of likely N-dealkylation sites (tertiary alicyclic amines) is 1. The second kappa shape index (κ2) is 12.7. The zero-order valence-electron chi connectivity index (χ0n) is 19.3. The van der Waals surface area contributed by atoms with Crippen LogP contribution in [0.25, 0.3) is 11.6 Å². The molecule has 3 N–H and O–H groups in total. The average molecular weight is 563 g/mol. The van der Waals surface area contributed by atoms with E-state index < -0.39 is 0 Å². The predicted molar refractivity (Wildman–Crippen MR) is 142 cm³/mol. The number of hydrogen-bond acceptors (Lipinski definition) is 5. The molecule has 0 saturated carbocycles. The Morgan fingerprint density at radius 2 is 2.00 bits per heavy atom. The van der Waals surface area contributed by atoms with Gasteiger partial charge in [-0.1, -0.05) is 30.3 Å². The number of H-pyrrole nitrogens is 1. The number of nitrogens with one attached hydrogen (secondary N) is 3. The maximum atomic E-state index is 5.34. The van der Waals surface area contributed by atoms with Crippen molar-refractivity contribution in [2.45, 2.75) is 45.2 Å². The van der Waals surface area contributed by atoms with Gasteiger partial charge in [-0.25, -0.2) is 4.98 Å². The summed E-state index contributed by atoms with van der Waals surface area (Å²) in [5.74, 6) is 2.92. The minimum atomic E-state index is 0. The van der Waals surface area contributed by atoms with Crippen LogP contribution in [0.2, 0.25) is 0 Å². The number of aromatic amines is 1. The Labute approximate surface area is 212 Å². The molecular weight excluding hydrogens is 529 g/mol. The van der Waals surface area contributed by atoms with Crippen molar-refractivity contribution >= 4 is 29.9 Å². The number of hydrogen-bond donors (Lipinski definition) is 3. The lowest BCUT2D eigenvalue weighted by Crippen LogP contribution is -2.49. The van der Waals surface area contributed by atoms with Crippen LogP contribution < -0.4 is 10.6 Å². The van der Waals surface area contributed by atoms with E-state index in [9.17, 15) is 0 Å². The normalized spacial score (nSPS) is 16.2. The van der Waals surface area contributed by atoms with Crippen molar-refractivity contribution in [2.24, 2.45) is 4.99 Å². The van der Waals surface area contributed by atoms with Crippen LogP contribution in [-0.2, 0) is 6.42 Å². The first-order valence-corrected chi connectivity index (χ1v) is 11.5. The first-order valence-electron chi connectivity index (χ1n) is 11.5. The molecule has 4 rings (SSSR count). The van der Waals surface area contributed by atoms with E-state index in [0.29, 0.717) is 36.6 Å². The lowest BCUT2D eigenvalue weighted by molar-refractivity contribution is 0.158. The standard InChI is InChI=1S/C24H33N7O.HI/c1-3-25-24(26-14-11-22-28-23(30-29-22)21-10-7-17-32-21)27-20-12-15-31(16-13-20)18(2)19-8-5-4-6-9-19;/h4-10,17-18,20H,3,11-16H2,1-2H3,(H2,25,26,27)(H,28,29,30);1H. The topological polar surface area (TPSA) is 94.4 Å². The Morgan fingerprint density at radius 3 is 2.70 bits per heavy atom. The SMILES string of the molecule is CCNC(=NCCc1nc(-c2ccco2)n[nH]1)NC1CCN(C(C)c2ccccc2)CC1.I. The molecule has 1 aliphatic rings. The molecule has 33 heavy (non-hydrogen) atoms. The monoisotopic (exact) mass is 563 g/mol. The molecular formula is C24H34IN7O. The van der Waals surface area contributed by atoms with E-state index in [-0.39, 0.29) is 24.0 Å². The summed E-state index contributed by atoms with van der Waals surface area (Å²) in [5.41, 5.74) is 1.39. The summed E-state index contributed by atoms with van der Waals surface area (Å²) >= 11 is 0. The highest BCUT2D eigenvalue weighted by Gasteiger charge is 2.24. The van der Waals surface area contributed by atoms with Gasteiger partial charge in [0.2, 0.25) is 5.82 Å². The molecule has 0 amide bonds. The van der Waals surface area contributed by atoms with Crippen molar-refractivity contribution in [3.8, 4) is 11.6 Å². The highest BCUT2D eigenvalue weighted by atomic mass is 127. The quantitative estimate of drug-likeness (QED) is 0.218. The van der Waals surface area contributed by atoms with Crippen LogP contribution in [0.1, 0.15) is 44.1 Å². The summed E-state index contributed by atoms with van der Waals surface area (Å²) in [5, 5.41) is 14.2. The Kier molecular flexibility index (Phi) is 9.74. The van der Waals surface area contributed by atoms with E-state index in [1.807, 2.05) is 12.1 Å². The molecule has 1 aromatic carbocycles. The molecule has 2 aromatic heterocycles. The maximum absolute atomic E-state index is 5.34. The van der Waals surface area contributed by atoms with Crippen LogP contribution in [0, 0.1) is 0 Å². The zero-order valence-corrected chi connectivity index (χ0v) is 21.7. The number of aliphatic imine (C=N–C) groups is 1. The van der Waals surface area contributed by atoms with Gasteiger partial charge in [0.25, 0.3) is 0 Å². The molecule has 0 aliphatic carbocycles. The molecule has 1 atom stereocenters. The fraction of sp³-hybridized carbons (Fsp3) is 0.458. The summed E-state index contributed by atoms with van der Waals surface area (Å²) in [7, 11) is 0. The molecule has 0 bridgehead atoms. The van der Waals surface area contributed by atoms with Gasteiger partial charge in [-0.15, -0.1) is 24.0 Å². The molecule has 1 fully saturated rings. The van der Waals surface area contributed by atoms with Gasteiger partial charge in [0.05, 0.1) is 6.26 Å². The van der Waals surface area contributed by atoms with Crippen molar-refractivity contribution in [1.29, 1.82) is 0 Å². The van der Waals surface area contributed by atoms with Crippen molar-refractivity contribution in [1.82, 2.24) is 30.7 Å². The first-order chi connectivity index (χ1) is 15.7. The van der Waals surface area contributed by atoms with Gasteiger partial charge in [0, 0.05) is 44.7 Å². The molecule has 8 nitrogen and oxygen atoms in total. The van der Waals surface area contributed by atoms with E-state index in [1.54, 1.807) is 6.26 Å². The summed E-state index contributed by atoms with van der Waals surface area (Å²) < 4.78 is 5.34. The van der Waals surface area contributed by atoms with E-state index >= 15 is 0 Å². The number of nitrogens with zero attached hydrogens (tertiary/aromatic N) is 4. The van der Waals surface area contributed by atoms with Gasteiger partial charge in [0.15, 0.2) is 11.7 Å². The van der Waals surface area contributed by atoms with Gasteiger partial charge in [-0.3, -0.25) is 15.0 Å². The van der Waals surface area contributed by atoms with Crippen LogP contribution >= 0.6 is 24.0 Å². The Morgan fingerprint density at radius 1 is 1.21 bits per heavy atom. The predicted octanol–water partition coefficient (Wildman–Crippen LogP) is 4.01. The Bertz CT molecular complexity index is 966. The number of piperidine rings is 1. The highest BCUT2D eigenvalue weighted by molar-refractivity contribution is 14.0. The zero-order chi connectivity index (χ0) is 22.2. The number of furan rings is 1. The summed E-state index contributed by atoms with van der Waals surface area (Å²) in [6.45, 7) is 8.02. The van der Waals surface area contributed by atoms with Crippen molar-refractivity contribution in [3.05, 3.63) is 60.1 Å². The van der Waals surface area contributed by atoms with E-state index in [1.165, 1.54) is 5.56 Å². The molecule has 3 aromatic rings. The second-order valence-electron chi connectivity index (χ2n) is 8.13. The van der Waals surface area contributed by atoms with Crippen LogP contribution in [0.3, 0.4) is 0 Å². The third kappa shape index (κ3) is 7.04. The van der Waals surface area contributed by atoms with Crippen molar-refractivity contribution < 1.29 is 4.42 Å². The van der Waals surface area contributed by atoms with E-state index in [4.69, 9.17) is 9.41 Å². The molecule has 1 saturated heterocycles. The van der Waals surface area contributed by atoms with Gasteiger partial charge in [-0.2, -0.15) is 5.10 Å². The number of aromatic nitrogens is 3. The van der Waals surface area contributed by atoms with E-state index in [2.05, 4.69) is 74.9 Å². The number of rotatable bonds is 8. The molecule has 0 radical (unpaired) electrons. The van der Waals surface area contributed by atoms with Gasteiger partial charge in [0.1, 0.15) is 5.82 Å². The van der Waals surface area contributed by atoms with Crippen LogP contribution in [0.4, 0.5) is 0 Å². The third-order valence-corrected chi connectivity index (χ3v) is 5.94. The van der Waals surface area contributed by atoms with Crippen molar-refractivity contribution in [2.75, 3.05) is 26.2 Å². The molecule has 178 valence electrons. The first kappa shape index (κ1) is 25.2. The van der Waals surface area contributed by atoms with Gasteiger partial charge in [-0.05, 0) is 44.4 Å². The smallest absolute Gasteiger partial charge is 0.216 e. The molecule has 1 aliphatic heterocycles. The highest BCUT2D eigenvalue weighted by Crippen LogP contribution is 2.24. The fourth-order valence-corrected chi connectivity index (χ4v) is 4.08. The third-order valence-electron chi connectivity index (χ3n) is 5.94. The number of halogens is 1. The fourth-order valence-electron chi connectivity index (χ4n) is 4.08. The lowest BCUT2D eigenvalue weighted by Gasteiger charge is -2.37. The van der Waals surface area contributed by atoms with Crippen LogP contribution in [0.15, 0.2) is 58.1 Å². The molecule has 9 heteroatoms. The number of guanidine groups is 1. The Hall–Kier alpha value is -2.40. The van der Waals surface area contributed by atoms with Crippen LogP contribution in [0.5, 0.6) is 0 Å². The molecule has 1 unspecified atom stereocenters. The van der Waals surface area contributed by atoms with E-state index in [0.717, 1.165) is 44.3 Å². The average Bonchev–Trinajstić information content (AvgIpc) is 3.52. The van der Waals surface area contributed by atoms with Gasteiger partial charge >= 0.3 is 0 Å². The minimum absolute atomic E-state index is 0. The van der Waals surface area contributed by atoms with Crippen LogP contribution in [-0.4, -0.2) is 58.3 Å². The summed E-state index contributed by atoms with van der Waals surface area (Å²) in [6.07, 6.45) is 4.53. The minimum Gasteiger partial charge on any atom is -0.461 e. The lowest BCUT2D eigenvalue weighted by atomic mass is 10.0.